The Bertz CT molecular complexity index is 1190. The highest BCUT2D eigenvalue weighted by molar-refractivity contribution is 5.94. The van der Waals surface area contributed by atoms with Gasteiger partial charge in [0.1, 0.15) is 11.3 Å². The number of methoxy groups -OCH3 is 1. The summed E-state index contributed by atoms with van der Waals surface area (Å²) < 4.78 is 17.5. The monoisotopic (exact) mass is 539 g/mol. The van der Waals surface area contributed by atoms with Crippen LogP contribution in [0.1, 0.15) is 64.7 Å². The summed E-state index contributed by atoms with van der Waals surface area (Å²) >= 11 is 0. The maximum Gasteiger partial charge on any atom is 0.345 e. The molecule has 0 aromatic carbocycles. The summed E-state index contributed by atoms with van der Waals surface area (Å²) in [6.07, 6.45) is 13.8. The fourth-order valence-corrected chi connectivity index (χ4v) is 9.53. The van der Waals surface area contributed by atoms with E-state index in [1.807, 2.05) is 0 Å². The van der Waals surface area contributed by atoms with E-state index in [2.05, 4.69) is 24.0 Å². The highest BCUT2D eigenvalue weighted by Gasteiger charge is 2.63. The van der Waals surface area contributed by atoms with Crippen molar-refractivity contribution in [3.05, 3.63) is 46.3 Å². The number of hydrogen-bond acceptors (Lipinski definition) is 8. The van der Waals surface area contributed by atoms with Gasteiger partial charge in [0.2, 0.25) is 5.76 Å². The summed E-state index contributed by atoms with van der Waals surface area (Å²) in [5.41, 5.74) is 0.815. The second-order valence-corrected chi connectivity index (χ2v) is 12.9. The Kier molecular flexibility index (Phi) is 6.27. The number of carbonyl (C=O) groups is 1. The predicted octanol–water partition coefficient (Wildman–Crippen LogP) is 3.30. The average molecular weight is 540 g/mol. The fraction of sp³-hybridized carbons (Fsp3) is 0.710. The van der Waals surface area contributed by atoms with Gasteiger partial charge >= 0.3 is 5.97 Å². The van der Waals surface area contributed by atoms with Gasteiger partial charge in [-0.3, -0.25) is 4.90 Å². The second kappa shape index (κ2) is 9.47. The number of rotatable bonds is 3. The molecule has 7 aliphatic rings. The molecule has 2 aliphatic carbocycles. The first kappa shape index (κ1) is 25.8. The lowest BCUT2D eigenvalue weighted by molar-refractivity contribution is -0.203. The number of allylic oxidation sites excluding steroid dienone is 1. The Morgan fingerprint density at radius 2 is 1.97 bits per heavy atom. The van der Waals surface area contributed by atoms with Crippen LogP contribution in [0.4, 0.5) is 0 Å². The van der Waals surface area contributed by atoms with Gasteiger partial charge in [-0.25, -0.2) is 4.79 Å². The van der Waals surface area contributed by atoms with E-state index in [1.165, 1.54) is 12.7 Å². The van der Waals surface area contributed by atoms with E-state index in [0.29, 0.717) is 23.6 Å². The molecule has 3 N–H and O–H groups in total. The summed E-state index contributed by atoms with van der Waals surface area (Å²) in [4.78, 5) is 15.1. The summed E-state index contributed by atoms with van der Waals surface area (Å²) in [5.74, 6) is 1.53. The molecule has 0 bridgehead atoms. The van der Waals surface area contributed by atoms with Crippen LogP contribution in [0.2, 0.25) is 0 Å². The minimum absolute atomic E-state index is 0.0614. The smallest absolute Gasteiger partial charge is 0.345 e. The van der Waals surface area contributed by atoms with E-state index < -0.39 is 24.1 Å². The number of ether oxygens (including phenoxy) is 3. The molecule has 0 aromatic rings. The number of esters is 1. The van der Waals surface area contributed by atoms with Gasteiger partial charge in [0.05, 0.1) is 31.8 Å². The summed E-state index contributed by atoms with van der Waals surface area (Å²) in [5, 5.41) is 33.3. The topological polar surface area (TPSA) is 109 Å². The van der Waals surface area contributed by atoms with Crippen LogP contribution >= 0.6 is 0 Å². The van der Waals surface area contributed by atoms with Crippen molar-refractivity contribution in [2.24, 2.45) is 29.6 Å². The van der Waals surface area contributed by atoms with E-state index in [-0.39, 0.29) is 47.6 Å². The summed E-state index contributed by atoms with van der Waals surface area (Å²) in [6, 6.07) is 0.541. The maximum atomic E-state index is 12.8. The third-order valence-electron chi connectivity index (χ3n) is 11.1. The van der Waals surface area contributed by atoms with Gasteiger partial charge in [0.25, 0.3) is 0 Å². The molecule has 5 heterocycles. The minimum atomic E-state index is -0.725. The Labute approximate surface area is 230 Å². The van der Waals surface area contributed by atoms with E-state index in [1.54, 1.807) is 0 Å². The number of fused-ring (bicyclic) bond motifs is 6. The average Bonchev–Trinajstić information content (AvgIpc) is 3.42. The largest absolute Gasteiger partial charge is 0.492 e. The molecule has 0 radical (unpaired) electrons. The van der Waals surface area contributed by atoms with Crippen LogP contribution in [-0.2, 0) is 19.0 Å². The van der Waals surface area contributed by atoms with Gasteiger partial charge in [0.15, 0.2) is 11.5 Å². The summed E-state index contributed by atoms with van der Waals surface area (Å²) in [7, 11) is 1.44. The van der Waals surface area contributed by atoms with Crippen molar-refractivity contribution in [3.63, 3.8) is 0 Å². The zero-order valence-electron chi connectivity index (χ0n) is 23.0. The van der Waals surface area contributed by atoms with E-state index >= 15 is 0 Å². The molecule has 8 nitrogen and oxygen atoms in total. The molecule has 0 aromatic heterocycles. The highest BCUT2D eigenvalue weighted by Crippen LogP contribution is 2.59. The lowest BCUT2D eigenvalue weighted by atomic mass is 9.54. The molecule has 5 aliphatic heterocycles. The molecule has 0 spiro atoms. The van der Waals surface area contributed by atoms with Gasteiger partial charge in [-0.1, -0.05) is 25.0 Å². The molecule has 212 valence electrons. The number of hydrogen-bond donors (Lipinski definition) is 3. The van der Waals surface area contributed by atoms with Crippen molar-refractivity contribution in [1.82, 2.24) is 4.90 Å². The predicted molar refractivity (Wildman–Crippen MR) is 141 cm³/mol. The molecular weight excluding hydrogens is 498 g/mol. The van der Waals surface area contributed by atoms with Crippen molar-refractivity contribution in [2.45, 2.75) is 88.4 Å². The van der Waals surface area contributed by atoms with Gasteiger partial charge in [-0.2, -0.15) is 0 Å². The zero-order chi connectivity index (χ0) is 27.1. The van der Waals surface area contributed by atoms with E-state index in [4.69, 9.17) is 14.2 Å². The maximum absolute atomic E-state index is 12.8. The van der Waals surface area contributed by atoms with Gasteiger partial charge < -0.3 is 29.5 Å². The lowest BCUT2D eigenvalue weighted by Crippen LogP contribution is -2.72. The highest BCUT2D eigenvalue weighted by atomic mass is 16.6. The normalized spacial score (nSPS) is 45.2. The Morgan fingerprint density at radius 3 is 2.74 bits per heavy atom. The van der Waals surface area contributed by atoms with Crippen molar-refractivity contribution in [3.8, 4) is 0 Å². The Balaban J connectivity index is 1.29. The van der Waals surface area contributed by atoms with Crippen molar-refractivity contribution in [1.29, 1.82) is 0 Å². The molecule has 0 unspecified atom stereocenters. The fourth-order valence-electron chi connectivity index (χ4n) is 9.53. The number of nitrogens with zero attached hydrogens (tertiary/aromatic N) is 1. The van der Waals surface area contributed by atoms with Crippen LogP contribution < -0.4 is 0 Å². The molecule has 9 atom stereocenters. The quantitative estimate of drug-likeness (QED) is 0.370. The summed E-state index contributed by atoms with van der Waals surface area (Å²) in [6.45, 7) is 1.66. The van der Waals surface area contributed by atoms with E-state index in [0.717, 1.165) is 63.5 Å². The van der Waals surface area contributed by atoms with Crippen molar-refractivity contribution < 1.29 is 34.3 Å². The minimum Gasteiger partial charge on any atom is -0.492 e. The molecule has 1 saturated carbocycles. The van der Waals surface area contributed by atoms with Crippen molar-refractivity contribution in [2.75, 3.05) is 20.3 Å². The van der Waals surface area contributed by atoms with Gasteiger partial charge in [-0.15, -0.1) is 0 Å². The van der Waals surface area contributed by atoms with Crippen LogP contribution in [0.5, 0.6) is 0 Å². The van der Waals surface area contributed by atoms with Gasteiger partial charge in [-0.05, 0) is 69.3 Å². The van der Waals surface area contributed by atoms with Crippen LogP contribution in [0.15, 0.2) is 46.3 Å². The van der Waals surface area contributed by atoms with Crippen LogP contribution in [0, 0.1) is 29.6 Å². The first-order valence-corrected chi connectivity index (χ1v) is 14.9. The Hall–Kier alpha value is -2.13. The first-order chi connectivity index (χ1) is 18.9. The molecule has 7 rings (SSSR count). The van der Waals surface area contributed by atoms with Crippen molar-refractivity contribution >= 4 is 5.97 Å². The third kappa shape index (κ3) is 3.60. The molecule has 0 amide bonds. The number of carbonyl (C=O) groups excluding carboxylic acids is 1. The molecule has 39 heavy (non-hydrogen) atoms. The molecule has 3 saturated heterocycles. The van der Waals surface area contributed by atoms with Crippen LogP contribution in [-0.4, -0.2) is 70.2 Å². The Morgan fingerprint density at radius 1 is 1.13 bits per heavy atom. The lowest BCUT2D eigenvalue weighted by Gasteiger charge is -2.64. The standard InChI is InChI=1S/C31H41NO7/c1-16-6-7-17-8-9-18-13-19-10-11-24-26(23-4-3-5-25(32(19)23)31(18,36)22(17)12-16)20(14-33)28(38-24)29-27(37-2)21(15-34)30(35)39-29/h7,11,16,18-20,22-23,25-26,33-34,36H,3-6,8-10,12-15H2,1-2H3/b29-28+/t16-,18+,19-,20+,22+,23+,25+,26-,31+/m1/s1. The number of aliphatic hydroxyl groups is 3. The molecular formula is C31H41NO7. The molecule has 8 heteroatoms. The first-order valence-electron chi connectivity index (χ1n) is 14.9. The number of piperidine rings is 2. The molecule has 4 fully saturated rings. The zero-order valence-corrected chi connectivity index (χ0v) is 23.0. The number of cyclic esters (lactones) is 1. The van der Waals surface area contributed by atoms with Gasteiger partial charge in [0, 0.05) is 30.0 Å². The SMILES string of the molecule is COC1=C(CO)C(=O)O/C1=C1/OC2=CC[C@@H]3C[C@@H]4CCC5=CC[C@@H](C)C[C@@H]5[C@]4(O)[C@@H]4CCC[C@@H]([C@H]2[C@@H]1CO)N34. The third-order valence-corrected chi connectivity index (χ3v) is 11.1. The van der Waals surface area contributed by atoms with E-state index in [9.17, 15) is 20.1 Å². The number of aliphatic hydroxyl groups excluding tert-OH is 2. The van der Waals surface area contributed by atoms with Crippen LogP contribution in [0.25, 0.3) is 0 Å². The van der Waals surface area contributed by atoms with Crippen LogP contribution in [0.3, 0.4) is 0 Å². The second-order valence-electron chi connectivity index (χ2n) is 12.9.